The lowest BCUT2D eigenvalue weighted by Gasteiger charge is -2.35. The Bertz CT molecular complexity index is 552. The molecule has 0 bridgehead atoms. The van der Waals surface area contributed by atoms with Crippen LogP contribution in [0.2, 0.25) is 5.02 Å². The summed E-state index contributed by atoms with van der Waals surface area (Å²) in [5.74, 6) is 0.411. The van der Waals surface area contributed by atoms with Gasteiger partial charge in [-0.05, 0) is 30.5 Å². The molecule has 1 unspecified atom stereocenters. The van der Waals surface area contributed by atoms with Gasteiger partial charge in [0, 0.05) is 30.6 Å². The lowest BCUT2D eigenvalue weighted by Crippen LogP contribution is -2.44. The minimum absolute atomic E-state index is 0.150. The summed E-state index contributed by atoms with van der Waals surface area (Å²) >= 11 is 6.20. The predicted octanol–water partition coefficient (Wildman–Crippen LogP) is 3.80. The zero-order chi connectivity index (χ0) is 17.5. The van der Waals surface area contributed by atoms with E-state index in [-0.39, 0.29) is 17.9 Å². The molecule has 1 aromatic rings. The largest absolute Gasteiger partial charge is 0.379 e. The normalized spacial score (nSPS) is 21.5. The molecule has 0 spiro atoms. The molecular formula is C20H29ClN2O2. The summed E-state index contributed by atoms with van der Waals surface area (Å²) in [5, 5.41) is 3.97. The molecule has 1 amide bonds. The average Bonchev–Trinajstić information content (AvgIpc) is 2.92. The fourth-order valence-electron chi connectivity index (χ4n) is 3.94. The van der Waals surface area contributed by atoms with Gasteiger partial charge in [-0.1, -0.05) is 49.4 Å². The molecule has 1 aromatic carbocycles. The van der Waals surface area contributed by atoms with Crippen LogP contribution in [0.15, 0.2) is 24.3 Å². The number of nitrogens with zero attached hydrogens (tertiary/aromatic N) is 1. The van der Waals surface area contributed by atoms with Crippen LogP contribution in [-0.2, 0) is 9.53 Å². The molecule has 1 aliphatic carbocycles. The van der Waals surface area contributed by atoms with E-state index in [1.54, 1.807) is 0 Å². The van der Waals surface area contributed by atoms with Crippen molar-refractivity contribution in [2.24, 2.45) is 5.92 Å². The summed E-state index contributed by atoms with van der Waals surface area (Å²) in [6.07, 6.45) is 6.96. The zero-order valence-corrected chi connectivity index (χ0v) is 15.6. The molecule has 1 N–H and O–H groups in total. The van der Waals surface area contributed by atoms with Crippen LogP contribution >= 0.6 is 11.6 Å². The van der Waals surface area contributed by atoms with Gasteiger partial charge in [0.2, 0.25) is 5.91 Å². The second kappa shape index (κ2) is 9.56. The summed E-state index contributed by atoms with van der Waals surface area (Å²) in [4.78, 5) is 15.0. The van der Waals surface area contributed by atoms with Crippen molar-refractivity contribution < 1.29 is 9.53 Å². The van der Waals surface area contributed by atoms with E-state index >= 15 is 0 Å². The maximum absolute atomic E-state index is 12.7. The Kier molecular flexibility index (Phi) is 7.14. The number of ether oxygens (including phenoxy) is 1. The first-order valence-electron chi connectivity index (χ1n) is 9.59. The van der Waals surface area contributed by atoms with E-state index in [4.69, 9.17) is 16.3 Å². The van der Waals surface area contributed by atoms with Crippen molar-refractivity contribution in [1.82, 2.24) is 10.2 Å². The van der Waals surface area contributed by atoms with Gasteiger partial charge in [0.1, 0.15) is 0 Å². The topological polar surface area (TPSA) is 41.6 Å². The Hall–Kier alpha value is -1.10. The van der Waals surface area contributed by atoms with Gasteiger partial charge < -0.3 is 10.1 Å². The van der Waals surface area contributed by atoms with E-state index in [1.807, 2.05) is 18.2 Å². The van der Waals surface area contributed by atoms with E-state index in [0.29, 0.717) is 6.54 Å². The van der Waals surface area contributed by atoms with E-state index < -0.39 is 0 Å². The van der Waals surface area contributed by atoms with Gasteiger partial charge in [-0.15, -0.1) is 0 Å². The third kappa shape index (κ3) is 5.44. The fraction of sp³-hybridized carbons (Fsp3) is 0.650. The first-order chi connectivity index (χ1) is 12.2. The molecule has 5 heteroatoms. The Balaban J connectivity index is 1.65. The highest BCUT2D eigenvalue weighted by Gasteiger charge is 2.25. The van der Waals surface area contributed by atoms with Gasteiger partial charge in [0.05, 0.1) is 19.3 Å². The molecule has 4 nitrogen and oxygen atoms in total. The highest BCUT2D eigenvalue weighted by atomic mass is 35.5. The maximum atomic E-state index is 12.7. The Morgan fingerprint density at radius 1 is 1.20 bits per heavy atom. The minimum atomic E-state index is 0.150. The maximum Gasteiger partial charge on any atom is 0.223 e. The van der Waals surface area contributed by atoms with Crippen LogP contribution in [-0.4, -0.2) is 43.7 Å². The van der Waals surface area contributed by atoms with Crippen LogP contribution < -0.4 is 5.32 Å². The Labute approximate surface area is 155 Å². The SMILES string of the molecule is O=C(NCC(c1cccc(Cl)c1)N1CCOCC1)C1CCCCCC1. The summed E-state index contributed by atoms with van der Waals surface area (Å²) in [5.41, 5.74) is 1.16. The number of hydrogen-bond acceptors (Lipinski definition) is 3. The van der Waals surface area contributed by atoms with Gasteiger partial charge >= 0.3 is 0 Å². The molecule has 0 radical (unpaired) electrons. The number of carbonyl (C=O) groups is 1. The molecule has 138 valence electrons. The monoisotopic (exact) mass is 364 g/mol. The number of nitrogens with one attached hydrogen (secondary N) is 1. The summed E-state index contributed by atoms with van der Waals surface area (Å²) in [6, 6.07) is 8.14. The van der Waals surface area contributed by atoms with Gasteiger partial charge in [0.25, 0.3) is 0 Å². The molecule has 3 rings (SSSR count). The number of rotatable bonds is 5. The first-order valence-corrected chi connectivity index (χ1v) is 9.97. The zero-order valence-electron chi connectivity index (χ0n) is 14.9. The summed E-state index contributed by atoms with van der Waals surface area (Å²) < 4.78 is 5.49. The van der Waals surface area contributed by atoms with E-state index in [9.17, 15) is 4.79 Å². The Morgan fingerprint density at radius 2 is 1.92 bits per heavy atom. The van der Waals surface area contributed by atoms with Crippen molar-refractivity contribution in [2.45, 2.75) is 44.6 Å². The smallest absolute Gasteiger partial charge is 0.223 e. The first kappa shape index (κ1) is 18.7. The number of amides is 1. The van der Waals surface area contributed by atoms with E-state index in [0.717, 1.165) is 49.7 Å². The van der Waals surface area contributed by atoms with Gasteiger partial charge in [-0.3, -0.25) is 9.69 Å². The van der Waals surface area contributed by atoms with Crippen LogP contribution in [0.25, 0.3) is 0 Å². The van der Waals surface area contributed by atoms with Gasteiger partial charge in [-0.2, -0.15) is 0 Å². The Morgan fingerprint density at radius 3 is 2.60 bits per heavy atom. The fourth-order valence-corrected chi connectivity index (χ4v) is 4.14. The molecule has 1 aliphatic heterocycles. The summed E-state index contributed by atoms with van der Waals surface area (Å²) in [7, 11) is 0. The molecular weight excluding hydrogens is 336 g/mol. The standard InChI is InChI=1S/C20H29ClN2O2/c21-18-9-5-8-17(14-18)19(23-10-12-25-13-11-23)15-22-20(24)16-6-3-1-2-4-7-16/h5,8-9,14,16,19H,1-4,6-7,10-13,15H2,(H,22,24). The van der Waals surface area contributed by atoms with Gasteiger partial charge in [-0.25, -0.2) is 0 Å². The van der Waals surface area contributed by atoms with Crippen molar-refractivity contribution >= 4 is 17.5 Å². The predicted molar refractivity (Wildman–Crippen MR) is 101 cm³/mol. The number of hydrogen-bond donors (Lipinski definition) is 1. The molecule has 25 heavy (non-hydrogen) atoms. The molecule has 2 fully saturated rings. The van der Waals surface area contributed by atoms with Crippen LogP contribution in [0.5, 0.6) is 0 Å². The van der Waals surface area contributed by atoms with Crippen molar-refractivity contribution in [1.29, 1.82) is 0 Å². The number of halogens is 1. The highest BCUT2D eigenvalue weighted by molar-refractivity contribution is 6.30. The van der Waals surface area contributed by atoms with Crippen LogP contribution in [0, 0.1) is 5.92 Å². The number of morpholine rings is 1. The van der Waals surface area contributed by atoms with Crippen molar-refractivity contribution in [2.75, 3.05) is 32.8 Å². The third-order valence-electron chi connectivity index (χ3n) is 5.42. The van der Waals surface area contributed by atoms with Crippen LogP contribution in [0.3, 0.4) is 0 Å². The van der Waals surface area contributed by atoms with Gasteiger partial charge in [0.15, 0.2) is 0 Å². The second-order valence-electron chi connectivity index (χ2n) is 7.15. The van der Waals surface area contributed by atoms with Crippen molar-refractivity contribution in [3.8, 4) is 0 Å². The molecule has 1 saturated heterocycles. The third-order valence-corrected chi connectivity index (χ3v) is 5.65. The van der Waals surface area contributed by atoms with E-state index in [2.05, 4.69) is 16.3 Å². The molecule has 0 aromatic heterocycles. The average molecular weight is 365 g/mol. The molecule has 1 saturated carbocycles. The van der Waals surface area contributed by atoms with Crippen molar-refractivity contribution in [3.05, 3.63) is 34.9 Å². The highest BCUT2D eigenvalue weighted by Crippen LogP contribution is 2.26. The van der Waals surface area contributed by atoms with Crippen LogP contribution in [0.4, 0.5) is 0 Å². The lowest BCUT2D eigenvalue weighted by molar-refractivity contribution is -0.125. The molecule has 2 aliphatic rings. The number of carbonyl (C=O) groups excluding carboxylic acids is 1. The van der Waals surface area contributed by atoms with Crippen molar-refractivity contribution in [3.63, 3.8) is 0 Å². The quantitative estimate of drug-likeness (QED) is 0.808. The van der Waals surface area contributed by atoms with Crippen LogP contribution in [0.1, 0.15) is 50.1 Å². The summed E-state index contributed by atoms with van der Waals surface area (Å²) in [6.45, 7) is 3.89. The number of benzene rings is 1. The molecule has 1 atom stereocenters. The minimum Gasteiger partial charge on any atom is -0.379 e. The molecule has 1 heterocycles. The van der Waals surface area contributed by atoms with E-state index in [1.165, 1.54) is 25.7 Å². The second-order valence-corrected chi connectivity index (χ2v) is 7.59. The lowest BCUT2D eigenvalue weighted by atomic mass is 9.99.